The van der Waals surface area contributed by atoms with Crippen LogP contribution in [0.3, 0.4) is 0 Å². The third-order valence-electron chi connectivity index (χ3n) is 1.44. The van der Waals surface area contributed by atoms with Gasteiger partial charge in [-0.2, -0.15) is 0 Å². The van der Waals surface area contributed by atoms with Crippen molar-refractivity contribution < 1.29 is 14.1 Å². The Morgan fingerprint density at radius 2 is 2.21 bits per heavy atom. The molecule has 1 aromatic carbocycles. The van der Waals surface area contributed by atoms with E-state index in [1.165, 1.54) is 0 Å². The van der Waals surface area contributed by atoms with Crippen LogP contribution in [0.2, 0.25) is 5.02 Å². The third kappa shape index (κ3) is 1.97. The lowest BCUT2D eigenvalue weighted by atomic mass is 10.2. The Labute approximate surface area is 82.6 Å². The number of halogens is 2. The van der Waals surface area contributed by atoms with Crippen molar-refractivity contribution in [2.45, 2.75) is 0 Å². The molecular weight excluding hydrogens is 215 g/mol. The van der Waals surface area contributed by atoms with Gasteiger partial charge in [-0.3, -0.25) is 14.9 Å². The van der Waals surface area contributed by atoms with Gasteiger partial charge in [0.05, 0.1) is 21.7 Å². The minimum Gasteiger partial charge on any atom is -0.325 e. The normalized spacial score (nSPS) is 9.57. The molecule has 0 aliphatic heterocycles. The molecule has 1 amide bonds. The predicted molar refractivity (Wildman–Crippen MR) is 47.8 cm³/mol. The van der Waals surface area contributed by atoms with Crippen LogP contribution in [0, 0.1) is 15.9 Å². The van der Waals surface area contributed by atoms with E-state index in [0.29, 0.717) is 6.07 Å². The Kier molecular flexibility index (Phi) is 2.98. The van der Waals surface area contributed by atoms with Crippen molar-refractivity contribution in [2.24, 2.45) is 0 Å². The summed E-state index contributed by atoms with van der Waals surface area (Å²) in [6.07, 6.45) is 0.232. The van der Waals surface area contributed by atoms with Crippen LogP contribution in [0.1, 0.15) is 0 Å². The number of rotatable bonds is 3. The maximum absolute atomic E-state index is 13.0. The average molecular weight is 219 g/mol. The van der Waals surface area contributed by atoms with Crippen LogP contribution in [-0.2, 0) is 4.79 Å². The van der Waals surface area contributed by atoms with Gasteiger partial charge >= 0.3 is 0 Å². The van der Waals surface area contributed by atoms with Crippen LogP contribution in [0.4, 0.5) is 15.8 Å². The van der Waals surface area contributed by atoms with E-state index < -0.39 is 16.4 Å². The Hall–Kier alpha value is -1.69. The number of nitrogens with one attached hydrogen (secondary N) is 1. The molecule has 0 unspecified atom stereocenters. The standard InChI is InChI=1S/C7H4ClFN2O3/c8-5-1-4(11(13)14)2-6(9)7(5)10-3-12/h1-3H,(H,10,12). The monoisotopic (exact) mass is 218 g/mol. The van der Waals surface area contributed by atoms with Crippen molar-refractivity contribution in [3.05, 3.63) is 33.1 Å². The molecule has 0 saturated carbocycles. The van der Waals surface area contributed by atoms with E-state index in [4.69, 9.17) is 11.6 Å². The van der Waals surface area contributed by atoms with Crippen molar-refractivity contribution in [3.8, 4) is 0 Å². The number of nitrogens with zero attached hydrogens (tertiary/aromatic N) is 1. The van der Waals surface area contributed by atoms with Crippen LogP contribution < -0.4 is 5.32 Å². The first kappa shape index (κ1) is 10.4. The molecule has 0 radical (unpaired) electrons. The molecule has 74 valence electrons. The first-order chi connectivity index (χ1) is 6.56. The summed E-state index contributed by atoms with van der Waals surface area (Å²) in [4.78, 5) is 19.5. The zero-order chi connectivity index (χ0) is 10.7. The fraction of sp³-hybridized carbons (Fsp3) is 0. The van der Waals surface area contributed by atoms with Crippen molar-refractivity contribution in [1.82, 2.24) is 0 Å². The molecule has 1 rings (SSSR count). The number of non-ortho nitro benzene ring substituents is 1. The lowest BCUT2D eigenvalue weighted by Crippen LogP contribution is -1.99. The highest BCUT2D eigenvalue weighted by molar-refractivity contribution is 6.33. The predicted octanol–water partition coefficient (Wildman–Crippen LogP) is 1.96. The molecule has 0 aromatic heterocycles. The summed E-state index contributed by atoms with van der Waals surface area (Å²) in [5.74, 6) is -0.948. The second-order valence-electron chi connectivity index (χ2n) is 2.30. The highest BCUT2D eigenvalue weighted by Crippen LogP contribution is 2.29. The first-order valence-corrected chi connectivity index (χ1v) is 3.77. The smallest absolute Gasteiger partial charge is 0.274 e. The van der Waals surface area contributed by atoms with Crippen molar-refractivity contribution in [3.63, 3.8) is 0 Å². The van der Waals surface area contributed by atoms with Gasteiger partial charge in [0, 0.05) is 6.07 Å². The molecule has 1 N–H and O–H groups in total. The number of nitro groups is 1. The number of hydrogen-bond donors (Lipinski definition) is 1. The van der Waals surface area contributed by atoms with Crippen LogP contribution in [0.25, 0.3) is 0 Å². The van der Waals surface area contributed by atoms with Crippen LogP contribution in [0.15, 0.2) is 12.1 Å². The van der Waals surface area contributed by atoms with E-state index in [2.05, 4.69) is 0 Å². The van der Waals surface area contributed by atoms with E-state index in [9.17, 15) is 19.3 Å². The zero-order valence-electron chi connectivity index (χ0n) is 6.66. The summed E-state index contributed by atoms with van der Waals surface area (Å²) in [6.45, 7) is 0. The van der Waals surface area contributed by atoms with Gasteiger partial charge in [-0.25, -0.2) is 4.39 Å². The Balaban J connectivity index is 3.24. The highest BCUT2D eigenvalue weighted by atomic mass is 35.5. The molecule has 0 aliphatic rings. The number of anilines is 1. The molecule has 0 heterocycles. The number of carbonyl (C=O) groups is 1. The van der Waals surface area contributed by atoms with Crippen LogP contribution in [-0.4, -0.2) is 11.3 Å². The number of carbonyl (C=O) groups excluding carboxylic acids is 1. The lowest BCUT2D eigenvalue weighted by molar-refractivity contribution is -0.385. The summed E-state index contributed by atoms with van der Waals surface area (Å²) in [5, 5.41) is 12.0. The number of hydrogen-bond acceptors (Lipinski definition) is 3. The number of nitro benzene ring substituents is 1. The first-order valence-electron chi connectivity index (χ1n) is 3.40. The summed E-state index contributed by atoms with van der Waals surface area (Å²) < 4.78 is 13.0. The molecule has 0 fully saturated rings. The molecule has 1 aromatic rings. The van der Waals surface area contributed by atoms with Gasteiger partial charge in [0.15, 0.2) is 5.82 Å². The fourth-order valence-electron chi connectivity index (χ4n) is 0.862. The summed E-state index contributed by atoms with van der Waals surface area (Å²) in [5.41, 5.74) is -0.740. The quantitative estimate of drug-likeness (QED) is 0.479. The van der Waals surface area contributed by atoms with E-state index >= 15 is 0 Å². The van der Waals surface area contributed by atoms with E-state index in [0.717, 1.165) is 6.07 Å². The van der Waals surface area contributed by atoms with E-state index in [-0.39, 0.29) is 17.1 Å². The Morgan fingerprint density at radius 1 is 1.57 bits per heavy atom. The Bertz CT molecular complexity index is 374. The molecule has 0 bridgehead atoms. The number of benzene rings is 1. The number of amides is 1. The van der Waals surface area contributed by atoms with Gasteiger partial charge in [0.2, 0.25) is 6.41 Å². The van der Waals surface area contributed by atoms with Gasteiger partial charge in [-0.15, -0.1) is 0 Å². The van der Waals surface area contributed by atoms with Crippen molar-refractivity contribution in [1.29, 1.82) is 0 Å². The average Bonchev–Trinajstić information content (AvgIpc) is 2.10. The SMILES string of the molecule is O=CNc1c(F)cc([N+](=O)[O-])cc1Cl. The second-order valence-corrected chi connectivity index (χ2v) is 2.71. The molecular formula is C7H4ClFN2O3. The van der Waals surface area contributed by atoms with Gasteiger partial charge in [0.1, 0.15) is 0 Å². The van der Waals surface area contributed by atoms with Gasteiger partial charge < -0.3 is 5.32 Å². The molecule has 0 atom stereocenters. The summed E-state index contributed by atoms with van der Waals surface area (Å²) in [6, 6.07) is 1.63. The summed E-state index contributed by atoms with van der Waals surface area (Å²) in [7, 11) is 0. The molecule has 5 nitrogen and oxygen atoms in total. The van der Waals surface area contributed by atoms with E-state index in [1.807, 2.05) is 5.32 Å². The van der Waals surface area contributed by atoms with Crippen molar-refractivity contribution in [2.75, 3.05) is 5.32 Å². The second kappa shape index (κ2) is 4.01. The lowest BCUT2D eigenvalue weighted by Gasteiger charge is -2.02. The highest BCUT2D eigenvalue weighted by Gasteiger charge is 2.14. The minimum atomic E-state index is -0.948. The molecule has 0 aliphatic carbocycles. The molecule has 14 heavy (non-hydrogen) atoms. The maximum atomic E-state index is 13.0. The van der Waals surface area contributed by atoms with Crippen LogP contribution in [0.5, 0.6) is 0 Å². The van der Waals surface area contributed by atoms with E-state index in [1.54, 1.807) is 0 Å². The molecule has 7 heteroatoms. The minimum absolute atomic E-state index is 0.219. The van der Waals surface area contributed by atoms with Gasteiger partial charge in [0.25, 0.3) is 5.69 Å². The summed E-state index contributed by atoms with van der Waals surface area (Å²) >= 11 is 5.49. The van der Waals surface area contributed by atoms with Gasteiger partial charge in [-0.05, 0) is 0 Å². The largest absolute Gasteiger partial charge is 0.325 e. The zero-order valence-corrected chi connectivity index (χ0v) is 7.42. The molecule has 0 spiro atoms. The fourth-order valence-corrected chi connectivity index (χ4v) is 1.12. The topological polar surface area (TPSA) is 72.2 Å². The molecule has 0 saturated heterocycles. The maximum Gasteiger partial charge on any atom is 0.274 e. The van der Waals surface area contributed by atoms with Gasteiger partial charge in [-0.1, -0.05) is 11.6 Å². The third-order valence-corrected chi connectivity index (χ3v) is 1.74. The van der Waals surface area contributed by atoms with Crippen molar-refractivity contribution >= 4 is 29.4 Å². The Morgan fingerprint density at radius 3 is 2.64 bits per heavy atom. The van der Waals surface area contributed by atoms with Crippen LogP contribution >= 0.6 is 11.6 Å².